The molecule has 5 heteroatoms. The molecule has 76 valence electrons. The van der Waals surface area contributed by atoms with Crippen LogP contribution in [0, 0.1) is 0 Å². The molecule has 15 heavy (non-hydrogen) atoms. The van der Waals surface area contributed by atoms with Gasteiger partial charge in [-0.3, -0.25) is 0 Å². The highest BCUT2D eigenvalue weighted by Crippen LogP contribution is 2.39. The van der Waals surface area contributed by atoms with Gasteiger partial charge in [-0.2, -0.15) is 4.68 Å². The molecule has 0 spiro atoms. The molecule has 2 aromatic rings. The summed E-state index contributed by atoms with van der Waals surface area (Å²) in [5.41, 5.74) is 1.01. The Kier molecular flexibility index (Phi) is 2.05. The first-order chi connectivity index (χ1) is 7.34. The molecule has 0 saturated heterocycles. The van der Waals surface area contributed by atoms with E-state index in [4.69, 9.17) is 0 Å². The average Bonchev–Trinajstić information content (AvgIpc) is 2.96. The summed E-state index contributed by atoms with van der Waals surface area (Å²) in [5, 5.41) is 11.8. The van der Waals surface area contributed by atoms with Crippen molar-refractivity contribution in [3.8, 4) is 5.69 Å². The fourth-order valence-corrected chi connectivity index (χ4v) is 1.97. The second kappa shape index (κ2) is 3.41. The molecular weight excluding hydrogens is 256 g/mol. The van der Waals surface area contributed by atoms with E-state index in [-0.39, 0.29) is 0 Å². The van der Waals surface area contributed by atoms with Crippen LogP contribution >= 0.6 is 15.9 Å². The maximum Gasteiger partial charge on any atom is 0.159 e. The lowest BCUT2D eigenvalue weighted by molar-refractivity contribution is 0.763. The van der Waals surface area contributed by atoms with Crippen molar-refractivity contribution in [2.24, 2.45) is 0 Å². The molecule has 0 radical (unpaired) electrons. The van der Waals surface area contributed by atoms with Gasteiger partial charge in [-0.15, -0.1) is 5.10 Å². The van der Waals surface area contributed by atoms with E-state index in [9.17, 15) is 0 Å². The Morgan fingerprint density at radius 1 is 1.33 bits per heavy atom. The first kappa shape index (κ1) is 9.03. The van der Waals surface area contributed by atoms with Crippen molar-refractivity contribution in [2.45, 2.75) is 18.8 Å². The summed E-state index contributed by atoms with van der Waals surface area (Å²) < 4.78 is 2.86. The van der Waals surface area contributed by atoms with Gasteiger partial charge < -0.3 is 0 Å². The van der Waals surface area contributed by atoms with Crippen molar-refractivity contribution in [1.29, 1.82) is 0 Å². The quantitative estimate of drug-likeness (QED) is 0.836. The zero-order chi connectivity index (χ0) is 10.3. The third kappa shape index (κ3) is 1.67. The van der Waals surface area contributed by atoms with Crippen molar-refractivity contribution >= 4 is 15.9 Å². The van der Waals surface area contributed by atoms with Crippen LogP contribution < -0.4 is 0 Å². The number of aromatic nitrogens is 4. The van der Waals surface area contributed by atoms with Gasteiger partial charge in [-0.25, -0.2) is 0 Å². The standard InChI is InChI=1S/C10H9BrN4/c11-8-2-1-3-9(6-8)15-10(7-4-5-7)12-13-14-15/h1-3,6-7H,4-5H2. The van der Waals surface area contributed by atoms with Crippen LogP contribution in [0.2, 0.25) is 0 Å². The van der Waals surface area contributed by atoms with Crippen LogP contribution in [-0.2, 0) is 0 Å². The topological polar surface area (TPSA) is 43.6 Å². The Morgan fingerprint density at radius 3 is 2.93 bits per heavy atom. The van der Waals surface area contributed by atoms with Crippen LogP contribution in [-0.4, -0.2) is 20.2 Å². The Balaban J connectivity index is 2.07. The van der Waals surface area contributed by atoms with Crippen LogP contribution in [0.3, 0.4) is 0 Å². The molecule has 0 N–H and O–H groups in total. The molecule has 1 aromatic carbocycles. The number of tetrazole rings is 1. The van der Waals surface area contributed by atoms with E-state index in [1.54, 1.807) is 0 Å². The molecule has 0 aliphatic heterocycles. The van der Waals surface area contributed by atoms with Crippen LogP contribution in [0.15, 0.2) is 28.7 Å². The summed E-state index contributed by atoms with van der Waals surface area (Å²) >= 11 is 3.44. The number of halogens is 1. The van der Waals surface area contributed by atoms with E-state index in [2.05, 4.69) is 31.5 Å². The minimum atomic E-state index is 0.555. The lowest BCUT2D eigenvalue weighted by atomic mass is 10.3. The minimum Gasteiger partial charge on any atom is -0.197 e. The van der Waals surface area contributed by atoms with Crippen molar-refractivity contribution in [3.05, 3.63) is 34.6 Å². The predicted octanol–water partition coefficient (Wildman–Crippen LogP) is 2.30. The highest BCUT2D eigenvalue weighted by molar-refractivity contribution is 9.10. The van der Waals surface area contributed by atoms with Crippen molar-refractivity contribution in [1.82, 2.24) is 20.2 Å². The Morgan fingerprint density at radius 2 is 2.20 bits per heavy atom. The lowest BCUT2D eigenvalue weighted by Crippen LogP contribution is -2.01. The maximum atomic E-state index is 4.07. The molecule has 1 saturated carbocycles. The lowest BCUT2D eigenvalue weighted by Gasteiger charge is -2.03. The van der Waals surface area contributed by atoms with Gasteiger partial charge in [-0.05, 0) is 41.5 Å². The SMILES string of the molecule is Brc1cccc(-n2nnnc2C2CC2)c1. The van der Waals surface area contributed by atoms with Gasteiger partial charge in [-0.1, -0.05) is 22.0 Å². The Bertz CT molecular complexity index is 490. The predicted molar refractivity (Wildman–Crippen MR) is 58.8 cm³/mol. The van der Waals surface area contributed by atoms with E-state index in [1.807, 2.05) is 28.9 Å². The molecular formula is C10H9BrN4. The van der Waals surface area contributed by atoms with E-state index in [0.29, 0.717) is 5.92 Å². The van der Waals surface area contributed by atoms with Gasteiger partial charge in [0.25, 0.3) is 0 Å². The van der Waals surface area contributed by atoms with Gasteiger partial charge in [0.2, 0.25) is 0 Å². The van der Waals surface area contributed by atoms with E-state index >= 15 is 0 Å². The molecule has 0 bridgehead atoms. The molecule has 1 aliphatic rings. The molecule has 4 nitrogen and oxygen atoms in total. The van der Waals surface area contributed by atoms with Crippen LogP contribution in [0.5, 0.6) is 0 Å². The van der Waals surface area contributed by atoms with Gasteiger partial charge in [0.05, 0.1) is 5.69 Å². The first-order valence-corrected chi connectivity index (χ1v) is 5.68. The number of benzene rings is 1. The number of rotatable bonds is 2. The van der Waals surface area contributed by atoms with Gasteiger partial charge in [0.15, 0.2) is 5.82 Å². The van der Waals surface area contributed by atoms with Crippen molar-refractivity contribution in [2.75, 3.05) is 0 Å². The molecule has 0 atom stereocenters. The molecule has 1 aromatic heterocycles. The fourth-order valence-electron chi connectivity index (χ4n) is 1.58. The number of hydrogen-bond acceptors (Lipinski definition) is 3. The highest BCUT2D eigenvalue weighted by Gasteiger charge is 2.29. The van der Waals surface area contributed by atoms with Crippen molar-refractivity contribution < 1.29 is 0 Å². The van der Waals surface area contributed by atoms with E-state index < -0.39 is 0 Å². The second-order valence-electron chi connectivity index (χ2n) is 3.70. The van der Waals surface area contributed by atoms with Gasteiger partial charge >= 0.3 is 0 Å². The van der Waals surface area contributed by atoms with Crippen LogP contribution in [0.25, 0.3) is 5.69 Å². The molecule has 1 aliphatic carbocycles. The molecule has 0 amide bonds. The smallest absolute Gasteiger partial charge is 0.159 e. The van der Waals surface area contributed by atoms with Gasteiger partial charge in [0, 0.05) is 10.4 Å². The van der Waals surface area contributed by atoms with Crippen LogP contribution in [0.1, 0.15) is 24.6 Å². The zero-order valence-electron chi connectivity index (χ0n) is 7.97. The monoisotopic (exact) mass is 264 g/mol. The fraction of sp³-hybridized carbons (Fsp3) is 0.300. The molecule has 1 fully saturated rings. The summed E-state index contributed by atoms with van der Waals surface area (Å²) in [4.78, 5) is 0. The first-order valence-electron chi connectivity index (χ1n) is 4.89. The second-order valence-corrected chi connectivity index (χ2v) is 4.62. The maximum absolute atomic E-state index is 4.07. The zero-order valence-corrected chi connectivity index (χ0v) is 9.55. The van der Waals surface area contributed by atoms with Crippen molar-refractivity contribution in [3.63, 3.8) is 0 Å². The van der Waals surface area contributed by atoms with Gasteiger partial charge in [0.1, 0.15) is 0 Å². The van der Waals surface area contributed by atoms with E-state index in [0.717, 1.165) is 16.0 Å². The molecule has 0 unspecified atom stereocenters. The molecule has 1 heterocycles. The summed E-state index contributed by atoms with van der Waals surface area (Å²) in [6.45, 7) is 0. The summed E-state index contributed by atoms with van der Waals surface area (Å²) in [5.74, 6) is 1.53. The van der Waals surface area contributed by atoms with Crippen LogP contribution in [0.4, 0.5) is 0 Å². The number of hydrogen-bond donors (Lipinski definition) is 0. The summed E-state index contributed by atoms with van der Waals surface area (Å²) in [6, 6.07) is 8.00. The third-order valence-corrected chi connectivity index (χ3v) is 2.98. The number of nitrogens with zero attached hydrogens (tertiary/aromatic N) is 4. The Hall–Kier alpha value is -1.23. The third-order valence-electron chi connectivity index (χ3n) is 2.49. The largest absolute Gasteiger partial charge is 0.197 e. The Labute approximate surface area is 95.4 Å². The normalized spacial score (nSPS) is 15.5. The average molecular weight is 265 g/mol. The molecule has 3 rings (SSSR count). The highest BCUT2D eigenvalue weighted by atomic mass is 79.9. The van der Waals surface area contributed by atoms with E-state index in [1.165, 1.54) is 12.8 Å². The summed E-state index contributed by atoms with van der Waals surface area (Å²) in [7, 11) is 0. The summed E-state index contributed by atoms with van der Waals surface area (Å²) in [6.07, 6.45) is 2.41. The minimum absolute atomic E-state index is 0.555.